The maximum atomic E-state index is 12.9. The van der Waals surface area contributed by atoms with E-state index in [0.717, 1.165) is 17.5 Å². The van der Waals surface area contributed by atoms with Gasteiger partial charge < -0.3 is 4.74 Å². The van der Waals surface area contributed by atoms with E-state index in [2.05, 4.69) is 4.74 Å². The monoisotopic (exact) mass is 406 g/mol. The van der Waals surface area contributed by atoms with Crippen molar-refractivity contribution in [3.8, 4) is 0 Å². The van der Waals surface area contributed by atoms with Gasteiger partial charge in [-0.05, 0) is 18.2 Å². The van der Waals surface area contributed by atoms with E-state index in [4.69, 9.17) is 0 Å². The number of hydrogen-bond donors (Lipinski definition) is 0. The Bertz CT molecular complexity index is 841. The summed E-state index contributed by atoms with van der Waals surface area (Å²) in [6.45, 7) is 7.57. The lowest BCUT2D eigenvalue weighted by Gasteiger charge is -2.22. The van der Waals surface area contributed by atoms with Gasteiger partial charge in [-0.1, -0.05) is 27.7 Å². The van der Waals surface area contributed by atoms with E-state index in [9.17, 15) is 21.6 Å². The lowest BCUT2D eigenvalue weighted by Crippen LogP contribution is -2.33. The number of methoxy groups -OCH3 is 1. The molecule has 10 heteroatoms. The van der Waals surface area contributed by atoms with Crippen LogP contribution in [0.25, 0.3) is 0 Å². The zero-order valence-electron chi connectivity index (χ0n) is 15.7. The van der Waals surface area contributed by atoms with E-state index >= 15 is 0 Å². The number of sulfonamides is 2. The number of esters is 1. The second-order valence-electron chi connectivity index (χ2n) is 5.33. The van der Waals surface area contributed by atoms with Crippen molar-refractivity contribution in [2.75, 3.05) is 33.3 Å². The highest BCUT2D eigenvalue weighted by Gasteiger charge is 2.31. The third-order valence-corrected chi connectivity index (χ3v) is 8.16. The van der Waals surface area contributed by atoms with Crippen molar-refractivity contribution >= 4 is 26.0 Å². The van der Waals surface area contributed by atoms with Gasteiger partial charge in [0.1, 0.15) is 0 Å². The van der Waals surface area contributed by atoms with Gasteiger partial charge in [0.05, 0.1) is 22.5 Å². The normalized spacial score (nSPS) is 12.6. The first-order valence-electron chi connectivity index (χ1n) is 8.34. The van der Waals surface area contributed by atoms with Gasteiger partial charge >= 0.3 is 5.97 Å². The van der Waals surface area contributed by atoms with Crippen molar-refractivity contribution in [3.63, 3.8) is 0 Å². The predicted octanol–water partition coefficient (Wildman–Crippen LogP) is 1.53. The van der Waals surface area contributed by atoms with Gasteiger partial charge in [0.2, 0.25) is 20.0 Å². The number of hydrogen-bond acceptors (Lipinski definition) is 6. The van der Waals surface area contributed by atoms with Crippen LogP contribution in [0.2, 0.25) is 0 Å². The highest BCUT2D eigenvalue weighted by molar-refractivity contribution is 7.90. The van der Waals surface area contributed by atoms with Crippen LogP contribution < -0.4 is 0 Å². The van der Waals surface area contributed by atoms with Crippen molar-refractivity contribution in [1.29, 1.82) is 0 Å². The Morgan fingerprint density at radius 2 is 1.35 bits per heavy atom. The molecule has 148 valence electrons. The molecule has 8 nitrogen and oxygen atoms in total. The Balaban J connectivity index is 3.74. The van der Waals surface area contributed by atoms with Gasteiger partial charge in [0, 0.05) is 26.2 Å². The minimum absolute atomic E-state index is 0.181. The highest BCUT2D eigenvalue weighted by atomic mass is 32.2. The van der Waals surface area contributed by atoms with E-state index in [1.165, 1.54) is 16.4 Å². The Hall–Kier alpha value is -1.49. The molecule has 1 rings (SSSR count). The second-order valence-corrected chi connectivity index (χ2v) is 9.17. The Morgan fingerprint density at radius 3 is 1.77 bits per heavy atom. The van der Waals surface area contributed by atoms with Gasteiger partial charge in [0.25, 0.3) is 0 Å². The maximum Gasteiger partial charge on any atom is 0.339 e. The fraction of sp³-hybridized carbons (Fsp3) is 0.562. The lowest BCUT2D eigenvalue weighted by atomic mass is 10.2. The van der Waals surface area contributed by atoms with Gasteiger partial charge in [0.15, 0.2) is 0 Å². The van der Waals surface area contributed by atoms with E-state index in [-0.39, 0.29) is 41.5 Å². The summed E-state index contributed by atoms with van der Waals surface area (Å²) in [7, 11) is -6.80. The van der Waals surface area contributed by atoms with Crippen LogP contribution in [-0.4, -0.2) is 64.7 Å². The predicted molar refractivity (Wildman–Crippen MR) is 98.0 cm³/mol. The Kier molecular flexibility index (Phi) is 7.75. The molecule has 0 saturated heterocycles. The average molecular weight is 407 g/mol. The highest BCUT2D eigenvalue weighted by Crippen LogP contribution is 2.26. The molecule has 26 heavy (non-hydrogen) atoms. The van der Waals surface area contributed by atoms with Crippen molar-refractivity contribution < 1.29 is 26.4 Å². The molecular weight excluding hydrogens is 380 g/mol. The third-order valence-electron chi connectivity index (χ3n) is 4.02. The average Bonchev–Trinajstić information content (AvgIpc) is 2.62. The van der Waals surface area contributed by atoms with Crippen LogP contribution in [0.1, 0.15) is 38.1 Å². The summed E-state index contributed by atoms with van der Waals surface area (Å²) in [5, 5.41) is 0. The molecule has 0 N–H and O–H groups in total. The summed E-state index contributed by atoms with van der Waals surface area (Å²) >= 11 is 0. The van der Waals surface area contributed by atoms with Crippen LogP contribution in [-0.2, 0) is 24.8 Å². The van der Waals surface area contributed by atoms with E-state index < -0.39 is 26.0 Å². The number of carbonyl (C=O) groups excluding carboxylic acids is 1. The molecule has 0 saturated carbocycles. The van der Waals surface area contributed by atoms with Crippen molar-refractivity contribution in [1.82, 2.24) is 8.61 Å². The van der Waals surface area contributed by atoms with Gasteiger partial charge in [-0.2, -0.15) is 8.61 Å². The standard InChI is InChI=1S/C16H26N2O6S2/c1-6-17(7-2)25(20,21)13-10-11-14(16(19)24-5)15(12-13)26(22,23)18(8-3)9-4/h10-12H,6-9H2,1-5H3. The Labute approximate surface area is 155 Å². The molecule has 1 aromatic carbocycles. The number of benzene rings is 1. The molecule has 0 spiro atoms. The molecule has 0 radical (unpaired) electrons. The number of ether oxygens (including phenoxy) is 1. The van der Waals surface area contributed by atoms with E-state index in [1.54, 1.807) is 27.7 Å². The van der Waals surface area contributed by atoms with Gasteiger partial charge in [-0.3, -0.25) is 0 Å². The van der Waals surface area contributed by atoms with E-state index in [0.29, 0.717) is 0 Å². The minimum atomic E-state index is -4.06. The first-order chi connectivity index (χ1) is 12.1. The fourth-order valence-corrected chi connectivity index (χ4v) is 5.79. The molecule has 0 heterocycles. The van der Waals surface area contributed by atoms with Gasteiger partial charge in [-0.25, -0.2) is 21.6 Å². The zero-order chi connectivity index (χ0) is 20.1. The van der Waals surface area contributed by atoms with Gasteiger partial charge in [-0.15, -0.1) is 0 Å². The SMILES string of the molecule is CCN(CC)S(=O)(=O)c1ccc(C(=O)OC)c(S(=O)(=O)N(CC)CC)c1. The first-order valence-corrected chi connectivity index (χ1v) is 11.2. The van der Waals surface area contributed by atoms with Crippen molar-refractivity contribution in [2.45, 2.75) is 37.5 Å². The summed E-state index contributed by atoms with van der Waals surface area (Å²) in [6, 6.07) is 3.44. The summed E-state index contributed by atoms with van der Waals surface area (Å²) in [4.78, 5) is 11.5. The fourth-order valence-electron chi connectivity index (χ4n) is 2.57. The topological polar surface area (TPSA) is 101 Å². The third kappa shape index (κ3) is 4.25. The van der Waals surface area contributed by atoms with Crippen LogP contribution >= 0.6 is 0 Å². The van der Waals surface area contributed by atoms with Crippen LogP contribution in [0.4, 0.5) is 0 Å². The Morgan fingerprint density at radius 1 is 0.885 bits per heavy atom. The molecule has 0 aliphatic carbocycles. The molecule has 1 aromatic rings. The molecule has 0 aliphatic heterocycles. The lowest BCUT2D eigenvalue weighted by molar-refractivity contribution is 0.0596. The quantitative estimate of drug-likeness (QED) is 0.577. The first kappa shape index (κ1) is 22.6. The largest absolute Gasteiger partial charge is 0.465 e. The van der Waals surface area contributed by atoms with Crippen LogP contribution in [0.15, 0.2) is 28.0 Å². The van der Waals surface area contributed by atoms with Crippen molar-refractivity contribution in [2.24, 2.45) is 0 Å². The number of rotatable bonds is 9. The minimum Gasteiger partial charge on any atom is -0.465 e. The zero-order valence-corrected chi connectivity index (χ0v) is 17.4. The summed E-state index contributed by atoms with van der Waals surface area (Å²) in [5.74, 6) is -0.845. The number of carbonyl (C=O) groups is 1. The summed E-state index contributed by atoms with van der Waals surface area (Å²) in [6.07, 6.45) is 0. The van der Waals surface area contributed by atoms with Crippen molar-refractivity contribution in [3.05, 3.63) is 23.8 Å². The molecule has 0 amide bonds. The smallest absolute Gasteiger partial charge is 0.339 e. The second kappa shape index (κ2) is 8.94. The van der Waals surface area contributed by atoms with E-state index in [1.807, 2.05) is 0 Å². The number of nitrogens with zero attached hydrogens (tertiary/aromatic N) is 2. The summed E-state index contributed by atoms with van der Waals surface area (Å²) < 4.78 is 58.4. The molecule has 0 fully saturated rings. The maximum absolute atomic E-state index is 12.9. The van der Waals surface area contributed by atoms with Crippen LogP contribution in [0, 0.1) is 0 Å². The van der Waals surface area contributed by atoms with Crippen LogP contribution in [0.5, 0.6) is 0 Å². The van der Waals surface area contributed by atoms with Crippen LogP contribution in [0.3, 0.4) is 0 Å². The molecule has 0 aromatic heterocycles. The molecule has 0 bridgehead atoms. The molecular formula is C16H26N2O6S2. The summed E-state index contributed by atoms with van der Waals surface area (Å²) in [5.41, 5.74) is -0.196. The molecule has 0 atom stereocenters. The molecule has 0 aliphatic rings. The molecule has 0 unspecified atom stereocenters.